The van der Waals surface area contributed by atoms with E-state index in [9.17, 15) is 9.59 Å². The number of rotatable bonds is 5. The summed E-state index contributed by atoms with van der Waals surface area (Å²) < 4.78 is 5.07. The fourth-order valence-electron chi connectivity index (χ4n) is 2.62. The quantitative estimate of drug-likeness (QED) is 0.619. The molecule has 1 aromatic carbocycles. The Hall–Kier alpha value is -2.10. The van der Waals surface area contributed by atoms with E-state index in [1.807, 2.05) is 18.1 Å². The van der Waals surface area contributed by atoms with Crippen molar-refractivity contribution in [3.8, 4) is 5.75 Å². The second-order valence-electron chi connectivity index (χ2n) is 6.41. The summed E-state index contributed by atoms with van der Waals surface area (Å²) in [6, 6.07) is 6.85. The summed E-state index contributed by atoms with van der Waals surface area (Å²) in [5.74, 6) is 0.454. The van der Waals surface area contributed by atoms with Gasteiger partial charge in [0, 0.05) is 30.9 Å². The zero-order valence-corrected chi connectivity index (χ0v) is 13.7. The van der Waals surface area contributed by atoms with E-state index in [0.29, 0.717) is 11.3 Å². The van der Waals surface area contributed by atoms with E-state index in [4.69, 9.17) is 4.74 Å². The predicted molar refractivity (Wildman–Crippen MR) is 86.1 cm³/mol. The average Bonchev–Trinajstić information content (AvgIpc) is 2.49. The van der Waals surface area contributed by atoms with Crippen molar-refractivity contribution in [3.05, 3.63) is 41.6 Å². The summed E-state index contributed by atoms with van der Waals surface area (Å²) >= 11 is 0. The molecular formula is C18H23NO3. The van der Waals surface area contributed by atoms with Crippen LogP contribution in [0.3, 0.4) is 0 Å². The number of nitrogens with zero attached hydrogens (tertiary/aromatic N) is 1. The largest absolute Gasteiger partial charge is 0.497 e. The van der Waals surface area contributed by atoms with Crippen LogP contribution in [0, 0.1) is 5.41 Å². The van der Waals surface area contributed by atoms with Crippen molar-refractivity contribution in [1.29, 1.82) is 0 Å². The summed E-state index contributed by atoms with van der Waals surface area (Å²) in [5.41, 5.74) is 1.10. The maximum atomic E-state index is 12.5. The SMILES string of the molecule is COc1ccc(C(=O)CC(=O)C2=CN(C)CCC2(C)C)cc1. The van der Waals surface area contributed by atoms with Gasteiger partial charge in [0.25, 0.3) is 0 Å². The first-order valence-corrected chi connectivity index (χ1v) is 7.46. The molecule has 0 spiro atoms. The Kier molecular flexibility index (Phi) is 4.69. The molecule has 1 aliphatic heterocycles. The van der Waals surface area contributed by atoms with E-state index in [1.165, 1.54) is 0 Å². The van der Waals surface area contributed by atoms with Crippen LogP contribution in [0.1, 0.15) is 37.0 Å². The Morgan fingerprint density at radius 3 is 2.41 bits per heavy atom. The molecule has 2 rings (SSSR count). The van der Waals surface area contributed by atoms with E-state index in [0.717, 1.165) is 18.5 Å². The Morgan fingerprint density at radius 1 is 1.18 bits per heavy atom. The van der Waals surface area contributed by atoms with Gasteiger partial charge < -0.3 is 9.64 Å². The second kappa shape index (κ2) is 6.34. The molecule has 1 heterocycles. The maximum Gasteiger partial charge on any atom is 0.170 e. The topological polar surface area (TPSA) is 46.6 Å². The highest BCUT2D eigenvalue weighted by molar-refractivity contribution is 6.13. The van der Waals surface area contributed by atoms with Gasteiger partial charge in [0.2, 0.25) is 0 Å². The number of ether oxygens (including phenoxy) is 1. The lowest BCUT2D eigenvalue weighted by Crippen LogP contribution is -2.33. The van der Waals surface area contributed by atoms with Crippen LogP contribution in [-0.4, -0.2) is 37.2 Å². The van der Waals surface area contributed by atoms with Gasteiger partial charge >= 0.3 is 0 Å². The number of Topliss-reactive ketones (excluding diaryl/α,β-unsaturated/α-hetero) is 2. The zero-order chi connectivity index (χ0) is 16.3. The molecule has 22 heavy (non-hydrogen) atoms. The highest BCUT2D eigenvalue weighted by Gasteiger charge is 2.32. The van der Waals surface area contributed by atoms with Crippen LogP contribution >= 0.6 is 0 Å². The lowest BCUT2D eigenvalue weighted by Gasteiger charge is -2.35. The van der Waals surface area contributed by atoms with Crippen molar-refractivity contribution in [2.45, 2.75) is 26.7 Å². The minimum absolute atomic E-state index is 0.0858. The minimum atomic E-state index is -0.177. The molecule has 0 fully saturated rings. The number of benzene rings is 1. The molecule has 1 aliphatic rings. The summed E-state index contributed by atoms with van der Waals surface area (Å²) in [6.07, 6.45) is 2.71. The third kappa shape index (κ3) is 3.56. The van der Waals surface area contributed by atoms with Crippen LogP contribution in [0.4, 0.5) is 0 Å². The summed E-state index contributed by atoms with van der Waals surface area (Å²) in [5, 5.41) is 0. The zero-order valence-electron chi connectivity index (χ0n) is 13.7. The number of carbonyl (C=O) groups is 2. The molecule has 0 unspecified atom stereocenters. The smallest absolute Gasteiger partial charge is 0.170 e. The number of hydrogen-bond donors (Lipinski definition) is 0. The molecule has 4 nitrogen and oxygen atoms in total. The van der Waals surface area contributed by atoms with Crippen LogP contribution in [-0.2, 0) is 4.79 Å². The fraction of sp³-hybridized carbons (Fsp3) is 0.444. The van der Waals surface area contributed by atoms with E-state index in [2.05, 4.69) is 13.8 Å². The molecule has 4 heteroatoms. The molecule has 0 amide bonds. The second-order valence-corrected chi connectivity index (χ2v) is 6.41. The normalized spacial score (nSPS) is 16.9. The van der Waals surface area contributed by atoms with Crippen LogP contribution < -0.4 is 4.74 Å². The van der Waals surface area contributed by atoms with Gasteiger partial charge in [-0.1, -0.05) is 13.8 Å². The minimum Gasteiger partial charge on any atom is -0.497 e. The third-order valence-corrected chi connectivity index (χ3v) is 4.20. The summed E-state index contributed by atoms with van der Waals surface area (Å²) in [4.78, 5) is 26.8. The van der Waals surface area contributed by atoms with Gasteiger partial charge in [-0.15, -0.1) is 0 Å². The molecule has 0 atom stereocenters. The van der Waals surface area contributed by atoms with Gasteiger partial charge in [0.1, 0.15) is 5.75 Å². The van der Waals surface area contributed by atoms with Crippen molar-refractivity contribution in [2.75, 3.05) is 20.7 Å². The highest BCUT2D eigenvalue weighted by atomic mass is 16.5. The predicted octanol–water partition coefficient (Wildman–Crippen LogP) is 3.08. The molecular weight excluding hydrogens is 278 g/mol. The molecule has 0 aromatic heterocycles. The molecule has 0 saturated heterocycles. The van der Waals surface area contributed by atoms with Crippen LogP contribution in [0.15, 0.2) is 36.0 Å². The summed E-state index contributed by atoms with van der Waals surface area (Å²) in [6.45, 7) is 5.04. The van der Waals surface area contributed by atoms with Crippen LogP contribution in [0.25, 0.3) is 0 Å². The molecule has 0 N–H and O–H groups in total. The standard InChI is InChI=1S/C18H23NO3/c1-18(2)9-10-19(3)12-15(18)17(21)11-16(20)13-5-7-14(22-4)8-6-13/h5-8,12H,9-11H2,1-4H3. The Balaban J connectivity index is 2.12. The first kappa shape index (κ1) is 16.3. The molecule has 1 aromatic rings. The van der Waals surface area contributed by atoms with Gasteiger partial charge in [-0.3, -0.25) is 9.59 Å². The Bertz CT molecular complexity index is 599. The van der Waals surface area contributed by atoms with Gasteiger partial charge in [-0.25, -0.2) is 0 Å². The first-order chi connectivity index (χ1) is 10.3. The number of ketones is 2. The molecule has 0 bridgehead atoms. The Morgan fingerprint density at radius 2 is 1.82 bits per heavy atom. The maximum absolute atomic E-state index is 12.5. The summed E-state index contributed by atoms with van der Waals surface area (Å²) in [7, 11) is 3.53. The highest BCUT2D eigenvalue weighted by Crippen LogP contribution is 2.35. The van der Waals surface area contributed by atoms with Gasteiger partial charge in [-0.2, -0.15) is 0 Å². The number of hydrogen-bond acceptors (Lipinski definition) is 4. The van der Waals surface area contributed by atoms with Crippen molar-refractivity contribution in [3.63, 3.8) is 0 Å². The molecule has 118 valence electrons. The van der Waals surface area contributed by atoms with Gasteiger partial charge in [0.15, 0.2) is 11.6 Å². The van der Waals surface area contributed by atoms with Crippen molar-refractivity contribution in [1.82, 2.24) is 4.90 Å². The van der Waals surface area contributed by atoms with Crippen LogP contribution in [0.5, 0.6) is 5.75 Å². The fourth-order valence-corrected chi connectivity index (χ4v) is 2.62. The lowest BCUT2D eigenvalue weighted by atomic mass is 9.76. The molecule has 0 saturated carbocycles. The van der Waals surface area contributed by atoms with Gasteiger partial charge in [-0.05, 0) is 36.1 Å². The number of methoxy groups -OCH3 is 1. The lowest BCUT2D eigenvalue weighted by molar-refractivity contribution is -0.116. The van der Waals surface area contributed by atoms with E-state index in [-0.39, 0.29) is 23.4 Å². The monoisotopic (exact) mass is 301 g/mol. The van der Waals surface area contributed by atoms with Crippen molar-refractivity contribution in [2.24, 2.45) is 5.41 Å². The molecule has 0 radical (unpaired) electrons. The number of carbonyl (C=O) groups excluding carboxylic acids is 2. The molecule has 0 aliphatic carbocycles. The van der Waals surface area contributed by atoms with E-state index in [1.54, 1.807) is 31.4 Å². The first-order valence-electron chi connectivity index (χ1n) is 7.46. The number of allylic oxidation sites excluding steroid dienone is 1. The van der Waals surface area contributed by atoms with Crippen molar-refractivity contribution >= 4 is 11.6 Å². The Labute approximate surface area is 131 Å². The van der Waals surface area contributed by atoms with E-state index >= 15 is 0 Å². The third-order valence-electron chi connectivity index (χ3n) is 4.20. The van der Waals surface area contributed by atoms with E-state index < -0.39 is 0 Å². The van der Waals surface area contributed by atoms with Crippen molar-refractivity contribution < 1.29 is 14.3 Å². The van der Waals surface area contributed by atoms with Gasteiger partial charge in [0.05, 0.1) is 13.5 Å². The average molecular weight is 301 g/mol. The van der Waals surface area contributed by atoms with Crippen LogP contribution in [0.2, 0.25) is 0 Å².